The minimum absolute atomic E-state index is 0.0286. The van der Waals surface area contributed by atoms with Crippen molar-refractivity contribution in [2.45, 2.75) is 19.4 Å². The van der Waals surface area contributed by atoms with Gasteiger partial charge in [-0.25, -0.2) is 4.39 Å². The van der Waals surface area contributed by atoms with Gasteiger partial charge in [-0.2, -0.15) is 0 Å². The molecule has 0 spiro atoms. The molecule has 1 aromatic rings. The molecule has 0 radical (unpaired) electrons. The molecule has 0 bridgehead atoms. The molecule has 7 heteroatoms. The number of nitrogens with zero attached hydrogens (tertiary/aromatic N) is 1. The highest BCUT2D eigenvalue weighted by Gasteiger charge is 2.28. The molecule has 0 aromatic heterocycles. The van der Waals surface area contributed by atoms with Crippen molar-refractivity contribution in [3.05, 3.63) is 34.6 Å². The number of benzene rings is 1. The van der Waals surface area contributed by atoms with Crippen molar-refractivity contribution < 1.29 is 18.7 Å². The fraction of sp³-hybridized carbons (Fsp3) is 0.500. The Morgan fingerprint density at radius 2 is 2.30 bits per heavy atom. The summed E-state index contributed by atoms with van der Waals surface area (Å²) in [5, 5.41) is 3.00. The average molecular weight is 343 g/mol. The van der Waals surface area contributed by atoms with Crippen molar-refractivity contribution in [1.82, 2.24) is 10.2 Å². The zero-order chi connectivity index (χ0) is 16.8. The maximum Gasteiger partial charge on any atom is 0.227 e. The van der Waals surface area contributed by atoms with Crippen LogP contribution in [0, 0.1) is 11.7 Å². The van der Waals surface area contributed by atoms with Crippen LogP contribution in [-0.2, 0) is 20.9 Å². The quantitative estimate of drug-likeness (QED) is 0.860. The van der Waals surface area contributed by atoms with Crippen LogP contribution < -0.4 is 5.32 Å². The van der Waals surface area contributed by atoms with Gasteiger partial charge in [0.25, 0.3) is 0 Å². The van der Waals surface area contributed by atoms with Gasteiger partial charge in [0.1, 0.15) is 5.82 Å². The van der Waals surface area contributed by atoms with Crippen LogP contribution in [-0.4, -0.2) is 43.5 Å². The molecule has 0 unspecified atom stereocenters. The van der Waals surface area contributed by atoms with Gasteiger partial charge in [-0.05, 0) is 24.1 Å². The second kappa shape index (κ2) is 8.26. The zero-order valence-electron chi connectivity index (χ0n) is 13.0. The van der Waals surface area contributed by atoms with Gasteiger partial charge in [0.2, 0.25) is 11.8 Å². The summed E-state index contributed by atoms with van der Waals surface area (Å²) in [5.41, 5.74) is 0.678. The van der Waals surface area contributed by atoms with Crippen molar-refractivity contribution >= 4 is 23.4 Å². The Kier molecular flexibility index (Phi) is 6.36. The number of carbonyl (C=O) groups is 2. The first-order valence-electron chi connectivity index (χ1n) is 7.49. The van der Waals surface area contributed by atoms with Crippen LogP contribution in [0.2, 0.25) is 5.02 Å². The predicted octanol–water partition coefficient (Wildman–Crippen LogP) is 1.98. The number of piperidine rings is 1. The van der Waals surface area contributed by atoms with E-state index in [9.17, 15) is 14.0 Å². The fourth-order valence-corrected chi connectivity index (χ4v) is 2.75. The summed E-state index contributed by atoms with van der Waals surface area (Å²) in [6.45, 7) is 1.43. The highest BCUT2D eigenvalue weighted by molar-refractivity contribution is 6.31. The number of halogens is 2. The monoisotopic (exact) mass is 342 g/mol. The first-order valence-corrected chi connectivity index (χ1v) is 7.87. The molecule has 1 heterocycles. The third kappa shape index (κ3) is 4.91. The highest BCUT2D eigenvalue weighted by atomic mass is 35.5. The molecule has 1 aliphatic rings. The summed E-state index contributed by atoms with van der Waals surface area (Å²) >= 11 is 6.05. The topological polar surface area (TPSA) is 58.6 Å². The largest absolute Gasteiger partial charge is 0.383 e. The molecule has 126 valence electrons. The van der Waals surface area contributed by atoms with E-state index < -0.39 is 5.82 Å². The molecule has 2 amide bonds. The van der Waals surface area contributed by atoms with E-state index in [-0.39, 0.29) is 29.3 Å². The maximum absolute atomic E-state index is 13.1. The lowest BCUT2D eigenvalue weighted by Crippen LogP contribution is -2.45. The number of hydrogen-bond donors (Lipinski definition) is 1. The molecular formula is C16H20ClFN2O3. The fourth-order valence-electron chi connectivity index (χ4n) is 2.53. The van der Waals surface area contributed by atoms with Crippen LogP contribution in [0.25, 0.3) is 0 Å². The number of amides is 2. The van der Waals surface area contributed by atoms with Gasteiger partial charge in [-0.1, -0.05) is 17.7 Å². The molecule has 1 aliphatic heterocycles. The Bertz CT molecular complexity index is 572. The number of methoxy groups -OCH3 is 1. The number of carbonyl (C=O) groups excluding carboxylic acids is 2. The Hall–Kier alpha value is -1.66. The van der Waals surface area contributed by atoms with Crippen LogP contribution in [0.3, 0.4) is 0 Å². The summed E-state index contributed by atoms with van der Waals surface area (Å²) < 4.78 is 18.2. The molecular weight excluding hydrogens is 323 g/mol. The molecule has 23 heavy (non-hydrogen) atoms. The molecule has 1 fully saturated rings. The molecule has 1 atom stereocenters. The Labute approximate surface area is 139 Å². The summed E-state index contributed by atoms with van der Waals surface area (Å²) in [7, 11) is 1.56. The van der Waals surface area contributed by atoms with E-state index in [4.69, 9.17) is 16.3 Å². The van der Waals surface area contributed by atoms with Gasteiger partial charge in [-0.15, -0.1) is 0 Å². The number of rotatable bonds is 6. The molecule has 0 aliphatic carbocycles. The minimum atomic E-state index is -0.413. The second-order valence-electron chi connectivity index (χ2n) is 5.53. The van der Waals surface area contributed by atoms with E-state index in [1.54, 1.807) is 18.1 Å². The highest BCUT2D eigenvalue weighted by Crippen LogP contribution is 2.21. The van der Waals surface area contributed by atoms with Crippen LogP contribution >= 0.6 is 11.6 Å². The van der Waals surface area contributed by atoms with Gasteiger partial charge in [0.15, 0.2) is 0 Å². The summed E-state index contributed by atoms with van der Waals surface area (Å²) in [5.74, 6) is -0.742. The van der Waals surface area contributed by atoms with E-state index in [1.807, 2.05) is 0 Å². The van der Waals surface area contributed by atoms with Gasteiger partial charge >= 0.3 is 0 Å². The second-order valence-corrected chi connectivity index (χ2v) is 5.94. The first-order chi connectivity index (χ1) is 11.0. The Balaban J connectivity index is 2.09. The minimum Gasteiger partial charge on any atom is -0.383 e. The lowest BCUT2D eigenvalue weighted by Gasteiger charge is -2.29. The van der Waals surface area contributed by atoms with Gasteiger partial charge in [-0.3, -0.25) is 9.59 Å². The van der Waals surface area contributed by atoms with Crippen molar-refractivity contribution in [2.24, 2.45) is 5.92 Å². The average Bonchev–Trinajstić information content (AvgIpc) is 2.53. The van der Waals surface area contributed by atoms with Crippen molar-refractivity contribution in [3.8, 4) is 0 Å². The van der Waals surface area contributed by atoms with E-state index in [0.717, 1.165) is 0 Å². The molecule has 1 saturated heterocycles. The third-order valence-corrected chi connectivity index (χ3v) is 4.22. The standard InChI is InChI=1S/C16H20ClFN2O3/c1-23-7-6-20(10-12-2-4-13(18)8-14(12)17)16(22)11-3-5-15(21)19-9-11/h2,4,8,11H,3,5-7,9-10H2,1H3,(H,19,21)/t11-/m1/s1. The lowest BCUT2D eigenvalue weighted by molar-refractivity contribution is -0.138. The number of nitrogens with one attached hydrogen (secondary N) is 1. The molecule has 0 saturated carbocycles. The van der Waals surface area contributed by atoms with Gasteiger partial charge in [0.05, 0.1) is 12.5 Å². The summed E-state index contributed by atoms with van der Waals surface area (Å²) in [6, 6.07) is 4.13. The van der Waals surface area contributed by atoms with E-state index in [2.05, 4.69) is 5.32 Å². The van der Waals surface area contributed by atoms with Crippen molar-refractivity contribution in [2.75, 3.05) is 26.8 Å². The molecule has 5 nitrogen and oxygen atoms in total. The maximum atomic E-state index is 13.1. The SMILES string of the molecule is COCCN(Cc1ccc(F)cc1Cl)C(=O)[C@@H]1CCC(=O)NC1. The molecule has 1 N–H and O–H groups in total. The Morgan fingerprint density at radius 1 is 1.52 bits per heavy atom. The van der Waals surface area contributed by atoms with Crippen LogP contribution in [0.1, 0.15) is 18.4 Å². The molecule has 1 aromatic carbocycles. The summed E-state index contributed by atoms with van der Waals surface area (Å²) in [6.07, 6.45) is 0.886. The number of ether oxygens (including phenoxy) is 1. The predicted molar refractivity (Wildman–Crippen MR) is 84.4 cm³/mol. The van der Waals surface area contributed by atoms with Crippen molar-refractivity contribution in [3.63, 3.8) is 0 Å². The van der Waals surface area contributed by atoms with Crippen LogP contribution in [0.4, 0.5) is 4.39 Å². The third-order valence-electron chi connectivity index (χ3n) is 3.87. The van der Waals surface area contributed by atoms with Crippen molar-refractivity contribution in [1.29, 1.82) is 0 Å². The number of hydrogen-bond acceptors (Lipinski definition) is 3. The van der Waals surface area contributed by atoms with E-state index in [1.165, 1.54) is 12.1 Å². The van der Waals surface area contributed by atoms with Crippen LogP contribution in [0.5, 0.6) is 0 Å². The van der Waals surface area contributed by atoms with Gasteiger partial charge < -0.3 is 15.0 Å². The normalized spacial score (nSPS) is 17.7. The Morgan fingerprint density at radius 3 is 2.91 bits per heavy atom. The van der Waals surface area contributed by atoms with E-state index in [0.29, 0.717) is 38.1 Å². The van der Waals surface area contributed by atoms with Gasteiger partial charge in [0, 0.05) is 38.2 Å². The van der Waals surface area contributed by atoms with Crippen LogP contribution in [0.15, 0.2) is 18.2 Å². The lowest BCUT2D eigenvalue weighted by atomic mass is 9.97. The zero-order valence-corrected chi connectivity index (χ0v) is 13.7. The first kappa shape index (κ1) is 17.7. The smallest absolute Gasteiger partial charge is 0.227 e. The summed E-state index contributed by atoms with van der Waals surface area (Å²) in [4.78, 5) is 25.6. The molecule has 2 rings (SSSR count). The van der Waals surface area contributed by atoms with E-state index >= 15 is 0 Å².